The van der Waals surface area contributed by atoms with E-state index in [2.05, 4.69) is 20.6 Å². The Balaban J connectivity index is 1.78. The van der Waals surface area contributed by atoms with Crippen LogP contribution in [0.3, 0.4) is 0 Å². The van der Waals surface area contributed by atoms with Gasteiger partial charge in [0.25, 0.3) is 5.69 Å². The van der Waals surface area contributed by atoms with Crippen molar-refractivity contribution in [2.24, 2.45) is 5.92 Å². The number of nitrogens with zero attached hydrogens (tertiary/aromatic N) is 3. The second kappa shape index (κ2) is 10.9. The molecule has 9 heteroatoms. The number of nitrogens with one attached hydrogen (secondary N) is 2. The Morgan fingerprint density at radius 2 is 1.58 bits per heavy atom. The van der Waals surface area contributed by atoms with Gasteiger partial charge in [-0.3, -0.25) is 24.9 Å². The van der Waals surface area contributed by atoms with Crippen LogP contribution in [0.4, 0.5) is 5.69 Å². The van der Waals surface area contributed by atoms with E-state index in [1.807, 2.05) is 30.3 Å². The molecule has 31 heavy (non-hydrogen) atoms. The second-order valence-electron chi connectivity index (χ2n) is 6.92. The van der Waals surface area contributed by atoms with E-state index in [1.54, 1.807) is 30.6 Å². The SMILES string of the molecule is O=C(O)C(CNCc1ccccn1)C(NCc1ccccn1)c1ccc([N+](=O)[O-])cc1. The molecule has 0 fully saturated rings. The number of carboxylic acid groups (broad SMARTS) is 1. The fourth-order valence-electron chi connectivity index (χ4n) is 3.22. The minimum Gasteiger partial charge on any atom is -0.481 e. The van der Waals surface area contributed by atoms with Gasteiger partial charge in [-0.2, -0.15) is 0 Å². The van der Waals surface area contributed by atoms with Crippen molar-refractivity contribution in [3.63, 3.8) is 0 Å². The summed E-state index contributed by atoms with van der Waals surface area (Å²) in [4.78, 5) is 31.1. The van der Waals surface area contributed by atoms with E-state index in [4.69, 9.17) is 0 Å². The molecule has 1 aromatic carbocycles. The molecule has 0 radical (unpaired) electrons. The van der Waals surface area contributed by atoms with Crippen LogP contribution in [0.15, 0.2) is 73.1 Å². The second-order valence-corrected chi connectivity index (χ2v) is 6.92. The van der Waals surface area contributed by atoms with Crippen molar-refractivity contribution in [3.05, 3.63) is 100 Å². The van der Waals surface area contributed by atoms with Gasteiger partial charge in [0, 0.05) is 50.2 Å². The van der Waals surface area contributed by atoms with Crippen LogP contribution in [-0.2, 0) is 17.9 Å². The highest BCUT2D eigenvalue weighted by Crippen LogP contribution is 2.25. The van der Waals surface area contributed by atoms with E-state index in [-0.39, 0.29) is 12.2 Å². The van der Waals surface area contributed by atoms with Crippen molar-refractivity contribution in [1.82, 2.24) is 20.6 Å². The number of aromatic nitrogens is 2. The van der Waals surface area contributed by atoms with Crippen molar-refractivity contribution in [1.29, 1.82) is 0 Å². The van der Waals surface area contributed by atoms with Gasteiger partial charge in [-0.05, 0) is 29.8 Å². The third kappa shape index (κ3) is 6.39. The molecule has 3 N–H and O–H groups in total. The molecule has 9 nitrogen and oxygen atoms in total. The number of benzene rings is 1. The van der Waals surface area contributed by atoms with Gasteiger partial charge in [-0.25, -0.2) is 0 Å². The number of pyridine rings is 2. The first-order chi connectivity index (χ1) is 15.0. The van der Waals surface area contributed by atoms with E-state index in [0.29, 0.717) is 18.7 Å². The summed E-state index contributed by atoms with van der Waals surface area (Å²) in [6, 6.07) is 16.4. The summed E-state index contributed by atoms with van der Waals surface area (Å²) < 4.78 is 0. The maximum atomic E-state index is 12.1. The van der Waals surface area contributed by atoms with Crippen molar-refractivity contribution < 1.29 is 14.8 Å². The van der Waals surface area contributed by atoms with E-state index in [9.17, 15) is 20.0 Å². The van der Waals surface area contributed by atoms with Gasteiger partial charge in [0.15, 0.2) is 0 Å². The zero-order valence-corrected chi connectivity index (χ0v) is 16.7. The average Bonchev–Trinajstić information content (AvgIpc) is 2.79. The first-order valence-corrected chi connectivity index (χ1v) is 9.75. The predicted octanol–water partition coefficient (Wildman–Crippen LogP) is 2.71. The number of non-ortho nitro benzene ring substituents is 1. The summed E-state index contributed by atoms with van der Waals surface area (Å²) in [5.41, 5.74) is 2.17. The minimum atomic E-state index is -0.981. The molecule has 0 aliphatic carbocycles. The molecule has 2 heterocycles. The minimum absolute atomic E-state index is 0.0487. The summed E-state index contributed by atoms with van der Waals surface area (Å²) in [6.07, 6.45) is 3.35. The molecular weight excluding hydrogens is 398 g/mol. The quantitative estimate of drug-likeness (QED) is 0.318. The van der Waals surface area contributed by atoms with Crippen molar-refractivity contribution in [2.75, 3.05) is 6.54 Å². The van der Waals surface area contributed by atoms with Crippen molar-refractivity contribution in [3.8, 4) is 0 Å². The lowest BCUT2D eigenvalue weighted by Crippen LogP contribution is -2.39. The highest BCUT2D eigenvalue weighted by atomic mass is 16.6. The Kier molecular flexibility index (Phi) is 7.74. The summed E-state index contributed by atoms with van der Waals surface area (Å²) in [6.45, 7) is 0.965. The number of carbonyl (C=O) groups is 1. The largest absolute Gasteiger partial charge is 0.481 e. The highest BCUT2D eigenvalue weighted by molar-refractivity contribution is 5.71. The van der Waals surface area contributed by atoms with Gasteiger partial charge in [0.1, 0.15) is 0 Å². The lowest BCUT2D eigenvalue weighted by Gasteiger charge is -2.26. The van der Waals surface area contributed by atoms with Gasteiger partial charge in [0.05, 0.1) is 22.2 Å². The zero-order chi connectivity index (χ0) is 22.1. The number of aliphatic carboxylic acids is 1. The topological polar surface area (TPSA) is 130 Å². The summed E-state index contributed by atoms with van der Waals surface area (Å²) >= 11 is 0. The monoisotopic (exact) mass is 421 g/mol. The number of nitro benzene ring substituents is 1. The van der Waals surface area contributed by atoms with Crippen LogP contribution in [-0.4, -0.2) is 32.5 Å². The van der Waals surface area contributed by atoms with Gasteiger partial charge in [0.2, 0.25) is 0 Å². The van der Waals surface area contributed by atoms with Crippen LogP contribution in [0.1, 0.15) is 23.0 Å². The Hall–Kier alpha value is -3.69. The average molecular weight is 421 g/mol. The Morgan fingerprint density at radius 3 is 2.10 bits per heavy atom. The van der Waals surface area contributed by atoms with Crippen molar-refractivity contribution in [2.45, 2.75) is 19.1 Å². The molecule has 2 aromatic heterocycles. The van der Waals surface area contributed by atoms with Crippen LogP contribution in [0.2, 0.25) is 0 Å². The Morgan fingerprint density at radius 1 is 0.968 bits per heavy atom. The number of nitro groups is 1. The lowest BCUT2D eigenvalue weighted by molar-refractivity contribution is -0.384. The van der Waals surface area contributed by atoms with E-state index < -0.39 is 22.9 Å². The lowest BCUT2D eigenvalue weighted by atomic mass is 9.92. The van der Waals surface area contributed by atoms with Gasteiger partial charge in [-0.1, -0.05) is 24.3 Å². The Bertz CT molecular complexity index is 984. The van der Waals surface area contributed by atoms with Crippen LogP contribution in [0.5, 0.6) is 0 Å². The molecule has 2 unspecified atom stereocenters. The molecule has 160 valence electrons. The predicted molar refractivity (Wildman–Crippen MR) is 114 cm³/mol. The van der Waals surface area contributed by atoms with E-state index in [1.165, 1.54) is 12.1 Å². The fourth-order valence-corrected chi connectivity index (χ4v) is 3.22. The molecule has 0 bridgehead atoms. The summed E-state index contributed by atoms with van der Waals surface area (Å²) in [5, 5.41) is 27.3. The molecule has 0 saturated heterocycles. The van der Waals surface area contributed by atoms with Gasteiger partial charge in [-0.15, -0.1) is 0 Å². The van der Waals surface area contributed by atoms with Crippen LogP contribution in [0.25, 0.3) is 0 Å². The highest BCUT2D eigenvalue weighted by Gasteiger charge is 2.29. The van der Waals surface area contributed by atoms with Crippen LogP contribution < -0.4 is 10.6 Å². The molecule has 2 atom stereocenters. The fraction of sp³-hybridized carbons (Fsp3) is 0.227. The van der Waals surface area contributed by atoms with Gasteiger partial charge < -0.3 is 15.7 Å². The van der Waals surface area contributed by atoms with E-state index in [0.717, 1.165) is 11.4 Å². The maximum Gasteiger partial charge on any atom is 0.309 e. The molecule has 0 aliphatic heterocycles. The van der Waals surface area contributed by atoms with Crippen molar-refractivity contribution >= 4 is 11.7 Å². The number of rotatable bonds is 11. The molecule has 3 rings (SSSR count). The van der Waals surface area contributed by atoms with Crippen LogP contribution in [0, 0.1) is 16.0 Å². The zero-order valence-electron chi connectivity index (χ0n) is 16.7. The molecule has 0 saturated carbocycles. The normalized spacial score (nSPS) is 12.8. The molecular formula is C22H23N5O4. The first-order valence-electron chi connectivity index (χ1n) is 9.75. The molecule has 0 aliphatic rings. The number of hydrogen-bond donors (Lipinski definition) is 3. The third-order valence-electron chi connectivity index (χ3n) is 4.81. The molecule has 0 spiro atoms. The summed E-state index contributed by atoms with van der Waals surface area (Å²) in [5.74, 6) is -1.81. The standard InChI is InChI=1S/C22H23N5O4/c28-22(29)20(15-23-13-17-5-1-3-11-24-17)21(26-14-18-6-2-4-12-25-18)16-7-9-19(10-8-16)27(30)31/h1-12,20-21,23,26H,13-15H2,(H,28,29). The molecule has 0 amide bonds. The summed E-state index contributed by atoms with van der Waals surface area (Å²) in [7, 11) is 0. The number of carboxylic acids is 1. The van der Waals surface area contributed by atoms with Crippen LogP contribution >= 0.6 is 0 Å². The van der Waals surface area contributed by atoms with E-state index >= 15 is 0 Å². The Labute approximate surface area is 179 Å². The first kappa shape index (κ1) is 22.0. The third-order valence-corrected chi connectivity index (χ3v) is 4.81. The smallest absolute Gasteiger partial charge is 0.309 e. The molecule has 3 aromatic rings. The maximum absolute atomic E-state index is 12.1. The number of hydrogen-bond acceptors (Lipinski definition) is 7. The van der Waals surface area contributed by atoms with Gasteiger partial charge >= 0.3 is 5.97 Å².